The van der Waals surface area contributed by atoms with Gasteiger partial charge in [0.25, 0.3) is 0 Å². The number of aromatic nitrogens is 3. The predicted octanol–water partition coefficient (Wildman–Crippen LogP) is 3.35. The first-order valence-electron chi connectivity index (χ1n) is 10.6. The molecule has 9 nitrogen and oxygen atoms in total. The number of rotatable bonds is 7. The van der Waals surface area contributed by atoms with E-state index in [1.165, 1.54) is 11.8 Å². The smallest absolute Gasteiger partial charge is 0.321 e. The van der Waals surface area contributed by atoms with Crippen LogP contribution < -0.4 is 20.1 Å². The maximum atomic E-state index is 12.3. The number of urea groups is 1. The standard InChI is InChI=1S/C23H25N5O4S/c1-15(2)12-24-22(30)25-20(29)14-33-23-27-26-21(28(23)16-8-4-3-5-9-16)19-13-31-17-10-6-7-11-18(17)32-19/h3-11,15,19H,12-14H2,1-2H3,(H2,24,25,29,30). The highest BCUT2D eigenvalue weighted by atomic mass is 32.2. The molecule has 0 saturated heterocycles. The Balaban J connectivity index is 1.50. The molecule has 1 unspecified atom stereocenters. The van der Waals surface area contributed by atoms with Gasteiger partial charge in [-0.15, -0.1) is 10.2 Å². The molecule has 172 valence electrons. The fraction of sp³-hybridized carbons (Fsp3) is 0.304. The Morgan fingerprint density at radius 3 is 2.58 bits per heavy atom. The lowest BCUT2D eigenvalue weighted by Crippen LogP contribution is -2.41. The number of thioether (sulfide) groups is 1. The summed E-state index contributed by atoms with van der Waals surface area (Å²) in [5, 5.41) is 14.2. The second-order valence-electron chi connectivity index (χ2n) is 7.82. The molecule has 2 heterocycles. The van der Waals surface area contributed by atoms with Crippen molar-refractivity contribution in [2.45, 2.75) is 25.1 Å². The average Bonchev–Trinajstić information content (AvgIpc) is 3.25. The number of carbonyl (C=O) groups is 2. The first-order valence-corrected chi connectivity index (χ1v) is 11.6. The van der Waals surface area contributed by atoms with E-state index in [0.29, 0.717) is 34.9 Å². The van der Waals surface area contributed by atoms with Gasteiger partial charge in [0.2, 0.25) is 5.91 Å². The van der Waals surface area contributed by atoms with Crippen LogP contribution in [-0.2, 0) is 4.79 Å². The Labute approximate surface area is 195 Å². The molecule has 2 N–H and O–H groups in total. The van der Waals surface area contributed by atoms with Gasteiger partial charge in [0.05, 0.1) is 5.75 Å². The number of ether oxygens (including phenoxy) is 2. The van der Waals surface area contributed by atoms with Crippen molar-refractivity contribution in [1.29, 1.82) is 0 Å². The number of imide groups is 1. The Kier molecular flexibility index (Phi) is 7.13. The monoisotopic (exact) mass is 467 g/mol. The zero-order chi connectivity index (χ0) is 23.2. The van der Waals surface area contributed by atoms with Crippen LogP contribution in [0.25, 0.3) is 5.69 Å². The van der Waals surface area contributed by atoms with Crippen LogP contribution in [0.2, 0.25) is 0 Å². The highest BCUT2D eigenvalue weighted by Crippen LogP contribution is 2.36. The molecule has 0 fully saturated rings. The topological polar surface area (TPSA) is 107 Å². The molecule has 0 aliphatic carbocycles. The van der Waals surface area contributed by atoms with Crippen LogP contribution in [0.15, 0.2) is 59.8 Å². The molecular formula is C23H25N5O4S. The van der Waals surface area contributed by atoms with Crippen molar-refractivity contribution in [3.05, 3.63) is 60.4 Å². The Hall–Kier alpha value is -3.53. The third-order valence-electron chi connectivity index (χ3n) is 4.73. The second kappa shape index (κ2) is 10.4. The Bertz CT molecular complexity index is 1120. The molecule has 2 aromatic carbocycles. The van der Waals surface area contributed by atoms with Gasteiger partial charge in [0, 0.05) is 12.2 Å². The minimum Gasteiger partial charge on any atom is -0.485 e. The van der Waals surface area contributed by atoms with E-state index in [4.69, 9.17) is 9.47 Å². The molecule has 0 saturated carbocycles. The number of nitrogens with zero attached hydrogens (tertiary/aromatic N) is 3. The largest absolute Gasteiger partial charge is 0.485 e. The number of amides is 3. The lowest BCUT2D eigenvalue weighted by Gasteiger charge is -2.26. The SMILES string of the molecule is CC(C)CNC(=O)NC(=O)CSc1nnc(C2COc3ccccc3O2)n1-c1ccccc1. The van der Waals surface area contributed by atoms with Gasteiger partial charge in [-0.3, -0.25) is 14.7 Å². The second-order valence-corrected chi connectivity index (χ2v) is 8.76. The van der Waals surface area contributed by atoms with E-state index in [9.17, 15) is 9.59 Å². The van der Waals surface area contributed by atoms with Gasteiger partial charge in [-0.25, -0.2) is 4.79 Å². The lowest BCUT2D eigenvalue weighted by molar-refractivity contribution is -0.117. The molecule has 1 aliphatic heterocycles. The van der Waals surface area contributed by atoms with Crippen LogP contribution in [-0.4, -0.2) is 45.6 Å². The first-order chi connectivity index (χ1) is 16.0. The summed E-state index contributed by atoms with van der Waals surface area (Å²) in [6.07, 6.45) is -0.474. The number of fused-ring (bicyclic) bond motifs is 1. The summed E-state index contributed by atoms with van der Waals surface area (Å²) >= 11 is 1.19. The van der Waals surface area contributed by atoms with Crippen molar-refractivity contribution >= 4 is 23.7 Å². The van der Waals surface area contributed by atoms with E-state index in [0.717, 1.165) is 5.69 Å². The number of carbonyl (C=O) groups excluding carboxylic acids is 2. The third kappa shape index (κ3) is 5.64. The van der Waals surface area contributed by atoms with Gasteiger partial charge >= 0.3 is 6.03 Å². The van der Waals surface area contributed by atoms with Gasteiger partial charge in [0.15, 0.2) is 28.6 Å². The minimum atomic E-state index is -0.508. The van der Waals surface area contributed by atoms with Crippen molar-refractivity contribution < 1.29 is 19.1 Å². The van der Waals surface area contributed by atoms with E-state index < -0.39 is 18.0 Å². The molecule has 3 amide bonds. The van der Waals surface area contributed by atoms with E-state index in [2.05, 4.69) is 20.8 Å². The molecule has 0 radical (unpaired) electrons. The summed E-state index contributed by atoms with van der Waals surface area (Å²) in [7, 11) is 0. The maximum Gasteiger partial charge on any atom is 0.321 e. The molecule has 4 rings (SSSR count). The summed E-state index contributed by atoms with van der Waals surface area (Å²) < 4.78 is 13.8. The Morgan fingerprint density at radius 2 is 1.82 bits per heavy atom. The fourth-order valence-corrected chi connectivity index (χ4v) is 3.94. The van der Waals surface area contributed by atoms with E-state index in [1.807, 2.05) is 73.0 Å². The van der Waals surface area contributed by atoms with Crippen LogP contribution >= 0.6 is 11.8 Å². The van der Waals surface area contributed by atoms with Gasteiger partial charge in [-0.1, -0.05) is 55.9 Å². The molecule has 1 aliphatic rings. The summed E-state index contributed by atoms with van der Waals surface area (Å²) in [4.78, 5) is 24.1. The van der Waals surface area contributed by atoms with Crippen molar-refractivity contribution in [2.75, 3.05) is 18.9 Å². The molecule has 1 aromatic heterocycles. The Morgan fingerprint density at radius 1 is 1.09 bits per heavy atom. The van der Waals surface area contributed by atoms with Crippen molar-refractivity contribution in [3.63, 3.8) is 0 Å². The number of nitrogens with one attached hydrogen (secondary N) is 2. The molecule has 1 atom stereocenters. The highest BCUT2D eigenvalue weighted by Gasteiger charge is 2.29. The predicted molar refractivity (Wildman–Crippen MR) is 124 cm³/mol. The van der Waals surface area contributed by atoms with Crippen LogP contribution in [0.5, 0.6) is 11.5 Å². The molecule has 0 bridgehead atoms. The highest BCUT2D eigenvalue weighted by molar-refractivity contribution is 7.99. The van der Waals surface area contributed by atoms with Crippen LogP contribution in [0.4, 0.5) is 4.79 Å². The summed E-state index contributed by atoms with van der Waals surface area (Å²) in [5.74, 6) is 1.76. The van der Waals surface area contributed by atoms with Crippen molar-refractivity contribution in [1.82, 2.24) is 25.4 Å². The summed E-state index contributed by atoms with van der Waals surface area (Å²) in [6.45, 7) is 4.73. The first kappa shape index (κ1) is 22.7. The fourth-order valence-electron chi connectivity index (χ4n) is 3.18. The zero-order valence-corrected chi connectivity index (χ0v) is 19.2. The molecule has 3 aromatic rings. The average molecular weight is 468 g/mol. The summed E-state index contributed by atoms with van der Waals surface area (Å²) in [5.41, 5.74) is 0.831. The zero-order valence-electron chi connectivity index (χ0n) is 18.4. The van der Waals surface area contributed by atoms with Gasteiger partial charge in [-0.05, 0) is 30.2 Å². The number of para-hydroxylation sites is 3. The normalized spacial score (nSPS) is 14.7. The van der Waals surface area contributed by atoms with Crippen LogP contribution in [0.3, 0.4) is 0 Å². The molecule has 0 spiro atoms. The van der Waals surface area contributed by atoms with E-state index in [-0.39, 0.29) is 12.4 Å². The van der Waals surface area contributed by atoms with Gasteiger partial charge in [0.1, 0.15) is 6.61 Å². The number of benzene rings is 2. The molecule has 10 heteroatoms. The van der Waals surface area contributed by atoms with Crippen LogP contribution in [0, 0.1) is 5.92 Å². The summed E-state index contributed by atoms with van der Waals surface area (Å²) in [6, 6.07) is 16.5. The van der Waals surface area contributed by atoms with Crippen LogP contribution in [0.1, 0.15) is 25.8 Å². The van der Waals surface area contributed by atoms with E-state index >= 15 is 0 Å². The van der Waals surface area contributed by atoms with Gasteiger partial charge < -0.3 is 14.8 Å². The molecule has 33 heavy (non-hydrogen) atoms. The number of hydrogen-bond acceptors (Lipinski definition) is 7. The third-order valence-corrected chi connectivity index (χ3v) is 5.65. The molecular weight excluding hydrogens is 442 g/mol. The minimum absolute atomic E-state index is 0.00488. The van der Waals surface area contributed by atoms with Gasteiger partial charge in [-0.2, -0.15) is 0 Å². The maximum absolute atomic E-state index is 12.3. The number of hydrogen-bond donors (Lipinski definition) is 2. The van der Waals surface area contributed by atoms with E-state index in [1.54, 1.807) is 0 Å². The van der Waals surface area contributed by atoms with Crippen molar-refractivity contribution in [3.8, 4) is 17.2 Å². The van der Waals surface area contributed by atoms with Crippen molar-refractivity contribution in [2.24, 2.45) is 5.92 Å². The lowest BCUT2D eigenvalue weighted by atomic mass is 10.2. The quantitative estimate of drug-likeness (QED) is 0.513.